The summed E-state index contributed by atoms with van der Waals surface area (Å²) >= 11 is 0. The van der Waals surface area contributed by atoms with Gasteiger partial charge in [-0.3, -0.25) is 9.59 Å². The highest BCUT2D eigenvalue weighted by molar-refractivity contribution is 5.88. The number of carbonyl (C=O) groups excluding carboxylic acids is 2. The molecule has 0 saturated heterocycles. The van der Waals surface area contributed by atoms with E-state index in [1.807, 2.05) is 30.3 Å². The molecule has 2 amide bonds. The molecule has 4 nitrogen and oxygen atoms in total. The van der Waals surface area contributed by atoms with E-state index in [1.54, 1.807) is 0 Å². The number of amides is 2. The maximum absolute atomic E-state index is 12.2. The van der Waals surface area contributed by atoms with Crippen molar-refractivity contribution < 1.29 is 9.59 Å². The molecule has 4 heteroatoms. The first-order valence-electron chi connectivity index (χ1n) is 7.32. The summed E-state index contributed by atoms with van der Waals surface area (Å²) in [7, 11) is 0. The number of benzene rings is 1. The van der Waals surface area contributed by atoms with E-state index in [1.165, 1.54) is 0 Å². The lowest BCUT2D eigenvalue weighted by Gasteiger charge is -2.16. The van der Waals surface area contributed by atoms with Gasteiger partial charge in [0.25, 0.3) is 0 Å². The van der Waals surface area contributed by atoms with Crippen molar-refractivity contribution in [2.45, 2.75) is 44.6 Å². The van der Waals surface area contributed by atoms with Crippen LogP contribution >= 0.6 is 0 Å². The van der Waals surface area contributed by atoms with Crippen LogP contribution in [0.25, 0.3) is 0 Å². The van der Waals surface area contributed by atoms with E-state index in [9.17, 15) is 9.59 Å². The average Bonchev–Trinajstić information content (AvgIpc) is 3.27. The van der Waals surface area contributed by atoms with Crippen LogP contribution in [0.2, 0.25) is 0 Å². The smallest absolute Gasteiger partial charge is 0.239 e. The van der Waals surface area contributed by atoms with Gasteiger partial charge in [-0.05, 0) is 24.8 Å². The molecule has 1 saturated carbocycles. The molecule has 0 heterocycles. The predicted octanol–water partition coefficient (Wildman–Crippen LogP) is 1.97. The van der Waals surface area contributed by atoms with Crippen molar-refractivity contribution >= 4 is 11.8 Å². The molecule has 2 rings (SSSR count). The summed E-state index contributed by atoms with van der Waals surface area (Å²) in [6.07, 6.45) is 3.84. The van der Waals surface area contributed by atoms with E-state index in [0.717, 1.165) is 31.2 Å². The lowest BCUT2D eigenvalue weighted by atomic mass is 9.94. The number of nitrogens with one attached hydrogen (secondary N) is 2. The molecule has 0 bridgehead atoms. The summed E-state index contributed by atoms with van der Waals surface area (Å²) in [5.74, 6) is -0.330. The van der Waals surface area contributed by atoms with Crippen molar-refractivity contribution in [3.63, 3.8) is 0 Å². The Balaban J connectivity index is 1.87. The van der Waals surface area contributed by atoms with Crippen molar-refractivity contribution in [1.82, 2.24) is 10.6 Å². The fraction of sp³-hybridized carbons (Fsp3) is 0.500. The molecule has 0 unspecified atom stereocenters. The van der Waals surface area contributed by atoms with Crippen LogP contribution in [0, 0.1) is 0 Å². The second-order valence-corrected chi connectivity index (χ2v) is 5.31. The van der Waals surface area contributed by atoms with E-state index in [0.29, 0.717) is 6.04 Å². The number of rotatable bonds is 7. The zero-order chi connectivity index (χ0) is 14.4. The summed E-state index contributed by atoms with van der Waals surface area (Å²) in [5.41, 5.74) is 1.01. The van der Waals surface area contributed by atoms with Crippen LogP contribution in [-0.4, -0.2) is 24.4 Å². The van der Waals surface area contributed by atoms with Gasteiger partial charge in [0.1, 0.15) is 0 Å². The molecular formula is C16H22N2O2. The van der Waals surface area contributed by atoms with Gasteiger partial charge < -0.3 is 10.6 Å². The van der Waals surface area contributed by atoms with Crippen molar-refractivity contribution in [3.8, 4) is 0 Å². The molecule has 0 spiro atoms. The first-order chi connectivity index (χ1) is 9.70. The van der Waals surface area contributed by atoms with Gasteiger partial charge in [0, 0.05) is 6.04 Å². The predicted molar refractivity (Wildman–Crippen MR) is 78.3 cm³/mol. The summed E-state index contributed by atoms with van der Waals surface area (Å²) in [4.78, 5) is 23.8. The number of carbonyl (C=O) groups is 2. The number of hydrogen-bond acceptors (Lipinski definition) is 2. The lowest BCUT2D eigenvalue weighted by molar-refractivity contribution is -0.127. The third kappa shape index (κ3) is 4.37. The van der Waals surface area contributed by atoms with Gasteiger partial charge in [-0.1, -0.05) is 43.7 Å². The van der Waals surface area contributed by atoms with Gasteiger partial charge in [0.05, 0.1) is 12.5 Å². The standard InChI is InChI=1S/C16H22N2O2/c1-2-6-14(12-7-4-3-5-8-12)16(20)17-11-15(19)18-13-9-10-13/h3-5,7-8,13-14H,2,6,9-11H2,1H3,(H,17,20)(H,18,19)/t14-/m0/s1. The first-order valence-corrected chi connectivity index (χ1v) is 7.32. The normalized spacial score (nSPS) is 15.4. The Morgan fingerprint density at radius 2 is 1.95 bits per heavy atom. The molecule has 1 aromatic rings. The van der Waals surface area contributed by atoms with Crippen LogP contribution in [-0.2, 0) is 9.59 Å². The molecule has 0 radical (unpaired) electrons. The summed E-state index contributed by atoms with van der Waals surface area (Å²) in [6, 6.07) is 10.1. The Bertz CT molecular complexity index is 455. The van der Waals surface area contributed by atoms with E-state index in [-0.39, 0.29) is 24.3 Å². The highest BCUT2D eigenvalue weighted by Gasteiger charge is 2.24. The van der Waals surface area contributed by atoms with Gasteiger partial charge in [0.2, 0.25) is 11.8 Å². The SMILES string of the molecule is CCC[C@H](C(=O)NCC(=O)NC1CC1)c1ccccc1. The largest absolute Gasteiger partial charge is 0.352 e. The maximum Gasteiger partial charge on any atom is 0.239 e. The fourth-order valence-corrected chi connectivity index (χ4v) is 2.22. The first kappa shape index (κ1) is 14.6. The molecule has 1 aliphatic carbocycles. The van der Waals surface area contributed by atoms with Crippen LogP contribution in [0.4, 0.5) is 0 Å². The summed E-state index contributed by atoms with van der Waals surface area (Å²) in [6.45, 7) is 2.13. The van der Waals surface area contributed by atoms with Gasteiger partial charge in [-0.25, -0.2) is 0 Å². The molecule has 1 fully saturated rings. The van der Waals surface area contributed by atoms with Gasteiger partial charge >= 0.3 is 0 Å². The molecule has 0 aliphatic heterocycles. The van der Waals surface area contributed by atoms with Crippen molar-refractivity contribution in [1.29, 1.82) is 0 Å². The minimum absolute atomic E-state index is 0.0657. The van der Waals surface area contributed by atoms with Crippen LogP contribution < -0.4 is 10.6 Å². The Morgan fingerprint density at radius 1 is 1.25 bits per heavy atom. The molecule has 1 aliphatic rings. The zero-order valence-electron chi connectivity index (χ0n) is 11.9. The Morgan fingerprint density at radius 3 is 2.55 bits per heavy atom. The second-order valence-electron chi connectivity index (χ2n) is 5.31. The van der Waals surface area contributed by atoms with E-state index in [2.05, 4.69) is 17.6 Å². The quantitative estimate of drug-likeness (QED) is 0.798. The van der Waals surface area contributed by atoms with Gasteiger partial charge in [0.15, 0.2) is 0 Å². The van der Waals surface area contributed by atoms with Crippen molar-refractivity contribution in [2.24, 2.45) is 0 Å². The third-order valence-corrected chi connectivity index (χ3v) is 3.46. The third-order valence-electron chi connectivity index (χ3n) is 3.46. The van der Waals surface area contributed by atoms with Crippen molar-refractivity contribution in [3.05, 3.63) is 35.9 Å². The summed E-state index contributed by atoms with van der Waals surface area (Å²) < 4.78 is 0. The topological polar surface area (TPSA) is 58.2 Å². The van der Waals surface area contributed by atoms with Gasteiger partial charge in [-0.15, -0.1) is 0 Å². The van der Waals surface area contributed by atoms with E-state index in [4.69, 9.17) is 0 Å². The molecule has 108 valence electrons. The minimum atomic E-state index is -0.171. The number of hydrogen-bond donors (Lipinski definition) is 2. The lowest BCUT2D eigenvalue weighted by Crippen LogP contribution is -2.39. The Kier molecular flexibility index (Phi) is 5.16. The molecule has 0 aromatic heterocycles. The molecule has 20 heavy (non-hydrogen) atoms. The molecule has 2 N–H and O–H groups in total. The van der Waals surface area contributed by atoms with Crippen LogP contribution in [0.3, 0.4) is 0 Å². The molecular weight excluding hydrogens is 252 g/mol. The Labute approximate surface area is 119 Å². The monoisotopic (exact) mass is 274 g/mol. The van der Waals surface area contributed by atoms with E-state index >= 15 is 0 Å². The minimum Gasteiger partial charge on any atom is -0.352 e. The van der Waals surface area contributed by atoms with Crippen LogP contribution in [0.1, 0.15) is 44.1 Å². The molecule has 1 atom stereocenters. The second kappa shape index (κ2) is 7.08. The highest BCUT2D eigenvalue weighted by atomic mass is 16.2. The summed E-state index contributed by atoms with van der Waals surface area (Å²) in [5, 5.41) is 5.61. The van der Waals surface area contributed by atoms with Crippen molar-refractivity contribution in [2.75, 3.05) is 6.54 Å². The maximum atomic E-state index is 12.2. The van der Waals surface area contributed by atoms with Crippen LogP contribution in [0.15, 0.2) is 30.3 Å². The zero-order valence-corrected chi connectivity index (χ0v) is 11.9. The fourth-order valence-electron chi connectivity index (χ4n) is 2.22. The Hall–Kier alpha value is -1.84. The highest BCUT2D eigenvalue weighted by Crippen LogP contribution is 2.21. The molecule has 1 aromatic carbocycles. The van der Waals surface area contributed by atoms with E-state index < -0.39 is 0 Å². The van der Waals surface area contributed by atoms with Crippen LogP contribution in [0.5, 0.6) is 0 Å². The average molecular weight is 274 g/mol. The van der Waals surface area contributed by atoms with Gasteiger partial charge in [-0.2, -0.15) is 0 Å².